The van der Waals surface area contributed by atoms with E-state index in [-0.39, 0.29) is 0 Å². The Kier molecular flexibility index (Phi) is 4.32. The number of rotatable bonds is 4. The third kappa shape index (κ3) is 3.02. The van der Waals surface area contributed by atoms with E-state index >= 15 is 0 Å². The molecule has 0 aliphatic heterocycles. The molecule has 20 heavy (non-hydrogen) atoms. The molecule has 0 heterocycles. The summed E-state index contributed by atoms with van der Waals surface area (Å²) in [7, 11) is 0. The largest absolute Gasteiger partial charge is 0.489 e. The number of benzene rings is 2. The van der Waals surface area contributed by atoms with E-state index < -0.39 is 0 Å². The Morgan fingerprint density at radius 1 is 1.05 bits per heavy atom. The zero-order valence-electron chi connectivity index (χ0n) is 11.2. The minimum atomic E-state index is 0.483. The predicted molar refractivity (Wildman–Crippen MR) is 86.5 cm³/mol. The number of hydrogen-bond donors (Lipinski definition) is 0. The second-order valence-electron chi connectivity index (χ2n) is 5.13. The van der Waals surface area contributed by atoms with Crippen LogP contribution in [-0.4, -0.2) is 0 Å². The molecule has 0 amide bonds. The van der Waals surface area contributed by atoms with E-state index in [1.165, 1.54) is 36.0 Å². The molecular formula is C17H16BrClO. The van der Waals surface area contributed by atoms with Gasteiger partial charge >= 0.3 is 0 Å². The van der Waals surface area contributed by atoms with Gasteiger partial charge in [0, 0.05) is 10.4 Å². The summed E-state index contributed by atoms with van der Waals surface area (Å²) in [5.74, 6) is 1.35. The van der Waals surface area contributed by atoms with Crippen molar-refractivity contribution in [3.63, 3.8) is 0 Å². The third-order valence-corrected chi connectivity index (χ3v) is 4.79. The summed E-state index contributed by atoms with van der Waals surface area (Å²) >= 11 is 9.38. The van der Waals surface area contributed by atoms with Gasteiger partial charge in [-0.25, -0.2) is 0 Å². The Bertz CT molecular complexity index is 613. The highest BCUT2D eigenvalue weighted by Crippen LogP contribution is 2.26. The molecule has 3 rings (SSSR count). The van der Waals surface area contributed by atoms with Crippen LogP contribution < -0.4 is 4.74 Å². The third-order valence-electron chi connectivity index (χ3n) is 3.73. The molecule has 3 heteroatoms. The Hall–Kier alpha value is -0.990. The Balaban J connectivity index is 1.70. The summed E-state index contributed by atoms with van der Waals surface area (Å²) in [6.45, 7) is 0.608. The quantitative estimate of drug-likeness (QED) is 0.683. The highest BCUT2D eigenvalue weighted by Gasteiger charge is 2.11. The number of alkyl halides is 1. The second-order valence-corrected chi connectivity index (χ2v) is 6.25. The van der Waals surface area contributed by atoms with Gasteiger partial charge in [-0.1, -0.05) is 34.1 Å². The number of aryl methyl sites for hydroxylation is 2. The smallest absolute Gasteiger partial charge is 0.120 e. The van der Waals surface area contributed by atoms with Crippen molar-refractivity contribution in [2.75, 3.05) is 0 Å². The molecule has 0 saturated carbocycles. The van der Waals surface area contributed by atoms with Gasteiger partial charge in [0.05, 0.1) is 0 Å². The summed E-state index contributed by atoms with van der Waals surface area (Å²) < 4.78 is 6.90. The molecule has 0 atom stereocenters. The molecule has 0 aromatic heterocycles. The monoisotopic (exact) mass is 350 g/mol. The molecule has 0 spiro atoms. The van der Waals surface area contributed by atoms with Crippen molar-refractivity contribution >= 4 is 27.5 Å². The van der Waals surface area contributed by atoms with Gasteiger partial charge in [0.25, 0.3) is 0 Å². The van der Waals surface area contributed by atoms with E-state index in [0.29, 0.717) is 12.5 Å². The van der Waals surface area contributed by atoms with Crippen LogP contribution in [0.2, 0.25) is 0 Å². The highest BCUT2D eigenvalue weighted by molar-refractivity contribution is 9.10. The maximum Gasteiger partial charge on any atom is 0.120 e. The van der Waals surface area contributed by atoms with Gasteiger partial charge < -0.3 is 4.74 Å². The molecular weight excluding hydrogens is 336 g/mol. The lowest BCUT2D eigenvalue weighted by Crippen LogP contribution is -1.97. The Morgan fingerprint density at radius 2 is 1.90 bits per heavy atom. The fourth-order valence-corrected chi connectivity index (χ4v) is 3.39. The lowest BCUT2D eigenvalue weighted by atomic mass is 10.1. The molecule has 104 valence electrons. The van der Waals surface area contributed by atoms with Crippen LogP contribution in [-0.2, 0) is 25.3 Å². The van der Waals surface area contributed by atoms with Crippen molar-refractivity contribution in [2.24, 2.45) is 0 Å². The van der Waals surface area contributed by atoms with Crippen LogP contribution in [0.1, 0.15) is 28.7 Å². The van der Waals surface area contributed by atoms with Crippen LogP contribution in [0, 0.1) is 0 Å². The Labute approximate surface area is 133 Å². The number of fused-ring (bicyclic) bond motifs is 1. The number of hydrogen-bond acceptors (Lipinski definition) is 1. The van der Waals surface area contributed by atoms with Crippen molar-refractivity contribution in [3.8, 4) is 5.75 Å². The average Bonchev–Trinajstić information content (AvgIpc) is 2.94. The SMILES string of the molecule is ClCc1cc(OCc2ccc3c(c2)CCC3)ccc1Br. The van der Waals surface area contributed by atoms with Crippen LogP contribution in [0.3, 0.4) is 0 Å². The number of halogens is 2. The van der Waals surface area contributed by atoms with Crippen molar-refractivity contribution in [3.05, 3.63) is 63.1 Å². The van der Waals surface area contributed by atoms with E-state index in [0.717, 1.165) is 15.8 Å². The minimum absolute atomic E-state index is 0.483. The topological polar surface area (TPSA) is 9.23 Å². The Morgan fingerprint density at radius 3 is 2.75 bits per heavy atom. The average molecular weight is 352 g/mol. The summed E-state index contributed by atoms with van der Waals surface area (Å²) in [4.78, 5) is 0. The van der Waals surface area contributed by atoms with E-state index in [2.05, 4.69) is 34.1 Å². The highest BCUT2D eigenvalue weighted by atomic mass is 79.9. The molecule has 1 aliphatic carbocycles. The first-order valence-electron chi connectivity index (χ1n) is 6.84. The molecule has 0 bridgehead atoms. The lowest BCUT2D eigenvalue weighted by Gasteiger charge is -2.10. The molecule has 0 unspecified atom stereocenters. The van der Waals surface area contributed by atoms with Gasteiger partial charge in [-0.05, 0) is 59.7 Å². The van der Waals surface area contributed by atoms with Crippen molar-refractivity contribution in [2.45, 2.75) is 31.7 Å². The van der Waals surface area contributed by atoms with Crippen LogP contribution in [0.4, 0.5) is 0 Å². The fraction of sp³-hybridized carbons (Fsp3) is 0.294. The second kappa shape index (κ2) is 6.19. The zero-order chi connectivity index (χ0) is 13.9. The van der Waals surface area contributed by atoms with Gasteiger partial charge in [0.15, 0.2) is 0 Å². The van der Waals surface area contributed by atoms with Crippen LogP contribution in [0.25, 0.3) is 0 Å². The van der Waals surface area contributed by atoms with E-state index in [4.69, 9.17) is 16.3 Å². The maximum atomic E-state index is 5.90. The minimum Gasteiger partial charge on any atom is -0.489 e. The first-order valence-corrected chi connectivity index (χ1v) is 8.17. The summed E-state index contributed by atoms with van der Waals surface area (Å²) in [5, 5.41) is 0. The molecule has 0 saturated heterocycles. The first kappa shape index (κ1) is 14.0. The molecule has 0 radical (unpaired) electrons. The van der Waals surface area contributed by atoms with Crippen molar-refractivity contribution in [1.29, 1.82) is 0 Å². The van der Waals surface area contributed by atoms with Crippen LogP contribution in [0.5, 0.6) is 5.75 Å². The molecule has 2 aromatic rings. The molecule has 1 nitrogen and oxygen atoms in total. The van der Waals surface area contributed by atoms with Gasteiger partial charge in [-0.2, -0.15) is 0 Å². The number of ether oxygens (including phenoxy) is 1. The van der Waals surface area contributed by atoms with Gasteiger partial charge in [-0.3, -0.25) is 0 Å². The van der Waals surface area contributed by atoms with Crippen molar-refractivity contribution in [1.82, 2.24) is 0 Å². The van der Waals surface area contributed by atoms with E-state index in [9.17, 15) is 0 Å². The zero-order valence-corrected chi connectivity index (χ0v) is 13.5. The molecule has 1 aliphatic rings. The summed E-state index contributed by atoms with van der Waals surface area (Å²) in [6, 6.07) is 12.6. The van der Waals surface area contributed by atoms with E-state index in [1.54, 1.807) is 0 Å². The molecule has 2 aromatic carbocycles. The van der Waals surface area contributed by atoms with E-state index in [1.807, 2.05) is 18.2 Å². The maximum absolute atomic E-state index is 5.90. The molecule has 0 fully saturated rings. The normalized spacial score (nSPS) is 13.3. The predicted octanol–water partition coefficient (Wildman–Crippen LogP) is 5.26. The van der Waals surface area contributed by atoms with Crippen molar-refractivity contribution < 1.29 is 4.74 Å². The van der Waals surface area contributed by atoms with Crippen LogP contribution in [0.15, 0.2) is 40.9 Å². The standard InChI is InChI=1S/C17H16BrClO/c18-17-7-6-16(9-15(17)10-19)20-11-12-4-5-13-2-1-3-14(13)8-12/h4-9H,1-3,10-11H2. The lowest BCUT2D eigenvalue weighted by molar-refractivity contribution is 0.306. The van der Waals surface area contributed by atoms with Gasteiger partial charge in [-0.15, -0.1) is 11.6 Å². The summed E-state index contributed by atoms with van der Waals surface area (Å²) in [6.07, 6.45) is 3.71. The molecule has 0 N–H and O–H groups in total. The first-order chi connectivity index (χ1) is 9.76. The van der Waals surface area contributed by atoms with Gasteiger partial charge in [0.2, 0.25) is 0 Å². The fourth-order valence-electron chi connectivity index (χ4n) is 2.62. The van der Waals surface area contributed by atoms with Crippen LogP contribution >= 0.6 is 27.5 Å². The summed E-state index contributed by atoms with van der Waals surface area (Å²) in [5.41, 5.74) is 5.28. The van der Waals surface area contributed by atoms with Gasteiger partial charge in [0.1, 0.15) is 12.4 Å².